The summed E-state index contributed by atoms with van der Waals surface area (Å²) in [5.74, 6) is -0.0738. The molecule has 0 spiro atoms. The van der Waals surface area contributed by atoms with Crippen LogP contribution in [0, 0.1) is 6.92 Å². The van der Waals surface area contributed by atoms with Crippen molar-refractivity contribution < 1.29 is 4.79 Å². The number of pyridine rings is 1. The van der Waals surface area contributed by atoms with Crippen LogP contribution in [0.1, 0.15) is 28.5 Å². The number of benzene rings is 1. The molecule has 0 aliphatic heterocycles. The largest absolute Gasteiger partial charge is 0.385 e. The lowest BCUT2D eigenvalue weighted by atomic mass is 10.1. The molecule has 0 unspecified atom stereocenters. The van der Waals surface area contributed by atoms with Gasteiger partial charge in [-0.2, -0.15) is 0 Å². The van der Waals surface area contributed by atoms with Gasteiger partial charge < -0.3 is 10.2 Å². The molecule has 1 aromatic carbocycles. The lowest BCUT2D eigenvalue weighted by Crippen LogP contribution is -2.27. The highest BCUT2D eigenvalue weighted by molar-refractivity contribution is 5.92. The maximum absolute atomic E-state index is 12.4. The maximum Gasteiger partial charge on any atom is 0.272 e. The smallest absolute Gasteiger partial charge is 0.272 e. The van der Waals surface area contributed by atoms with Gasteiger partial charge in [0, 0.05) is 32.0 Å². The molecule has 0 aliphatic carbocycles. The molecule has 0 saturated carbocycles. The summed E-state index contributed by atoms with van der Waals surface area (Å²) in [4.78, 5) is 18.3. The van der Waals surface area contributed by atoms with Crippen LogP contribution in [0.25, 0.3) is 0 Å². The number of hydrogen-bond acceptors (Lipinski definition) is 3. The van der Waals surface area contributed by atoms with Crippen molar-refractivity contribution >= 4 is 11.6 Å². The third-order valence-corrected chi connectivity index (χ3v) is 3.25. The highest BCUT2D eigenvalue weighted by Crippen LogP contribution is 2.12. The Morgan fingerprint density at radius 3 is 2.62 bits per heavy atom. The Hall–Kier alpha value is -2.36. The van der Waals surface area contributed by atoms with E-state index in [4.69, 9.17) is 0 Å². The lowest BCUT2D eigenvalue weighted by molar-refractivity contribution is 0.0779. The standard InChI is InChI=1S/C17H21N3O/c1-4-18-15-9-10-19-16(11-15)17(21)20(3)12-14-7-5-13(2)6-8-14/h5-11H,4,12H2,1-3H3,(H,18,19). The molecule has 0 saturated heterocycles. The molecule has 1 aromatic heterocycles. The van der Waals surface area contributed by atoms with Gasteiger partial charge in [0.25, 0.3) is 5.91 Å². The fourth-order valence-electron chi connectivity index (χ4n) is 2.10. The molecule has 0 aliphatic rings. The van der Waals surface area contributed by atoms with Crippen LogP contribution in [-0.4, -0.2) is 29.4 Å². The Labute approximate surface area is 125 Å². The summed E-state index contributed by atoms with van der Waals surface area (Å²) in [6.07, 6.45) is 1.66. The molecule has 1 heterocycles. The Bertz CT molecular complexity index is 608. The highest BCUT2D eigenvalue weighted by atomic mass is 16.2. The molecule has 4 heteroatoms. The fourth-order valence-corrected chi connectivity index (χ4v) is 2.10. The van der Waals surface area contributed by atoms with Crippen molar-refractivity contribution in [2.75, 3.05) is 18.9 Å². The first-order chi connectivity index (χ1) is 10.1. The van der Waals surface area contributed by atoms with E-state index in [1.807, 2.05) is 25.1 Å². The van der Waals surface area contributed by atoms with Gasteiger partial charge in [0.2, 0.25) is 0 Å². The Morgan fingerprint density at radius 2 is 1.95 bits per heavy atom. The monoisotopic (exact) mass is 283 g/mol. The second-order valence-corrected chi connectivity index (χ2v) is 5.11. The average molecular weight is 283 g/mol. The van der Waals surface area contributed by atoms with Gasteiger partial charge in [-0.15, -0.1) is 0 Å². The zero-order chi connectivity index (χ0) is 15.2. The average Bonchev–Trinajstić information content (AvgIpc) is 2.49. The number of amides is 1. The van der Waals surface area contributed by atoms with Gasteiger partial charge in [-0.3, -0.25) is 9.78 Å². The van der Waals surface area contributed by atoms with Gasteiger partial charge >= 0.3 is 0 Å². The Kier molecular flexibility index (Phi) is 4.93. The number of anilines is 1. The van der Waals surface area contributed by atoms with Crippen molar-refractivity contribution in [3.63, 3.8) is 0 Å². The van der Waals surface area contributed by atoms with Crippen LogP contribution in [0.15, 0.2) is 42.6 Å². The van der Waals surface area contributed by atoms with E-state index < -0.39 is 0 Å². The quantitative estimate of drug-likeness (QED) is 0.917. The second kappa shape index (κ2) is 6.88. The summed E-state index contributed by atoms with van der Waals surface area (Å²) in [5.41, 5.74) is 3.70. The summed E-state index contributed by atoms with van der Waals surface area (Å²) < 4.78 is 0. The first-order valence-corrected chi connectivity index (χ1v) is 7.11. The predicted octanol–water partition coefficient (Wildman–Crippen LogP) is 3.09. The van der Waals surface area contributed by atoms with Crippen molar-refractivity contribution in [2.45, 2.75) is 20.4 Å². The number of aryl methyl sites for hydroxylation is 1. The van der Waals surface area contributed by atoms with Crippen molar-refractivity contribution in [2.24, 2.45) is 0 Å². The molecule has 0 radical (unpaired) electrons. The zero-order valence-electron chi connectivity index (χ0n) is 12.8. The van der Waals surface area contributed by atoms with Gasteiger partial charge in [-0.1, -0.05) is 29.8 Å². The maximum atomic E-state index is 12.4. The summed E-state index contributed by atoms with van der Waals surface area (Å²) in [7, 11) is 1.80. The summed E-state index contributed by atoms with van der Waals surface area (Å²) in [6.45, 7) is 5.46. The van der Waals surface area contributed by atoms with Gasteiger partial charge in [0.1, 0.15) is 5.69 Å². The minimum atomic E-state index is -0.0738. The molecule has 21 heavy (non-hydrogen) atoms. The topological polar surface area (TPSA) is 45.2 Å². The normalized spacial score (nSPS) is 10.2. The second-order valence-electron chi connectivity index (χ2n) is 5.11. The van der Waals surface area contributed by atoms with Crippen LogP contribution in [0.2, 0.25) is 0 Å². The number of nitrogens with zero attached hydrogens (tertiary/aromatic N) is 2. The molecule has 1 amide bonds. The van der Waals surface area contributed by atoms with E-state index in [1.54, 1.807) is 24.2 Å². The molecule has 0 bridgehead atoms. The molecule has 2 aromatic rings. The van der Waals surface area contributed by atoms with E-state index in [0.29, 0.717) is 12.2 Å². The molecule has 110 valence electrons. The van der Waals surface area contributed by atoms with Gasteiger partial charge in [-0.05, 0) is 31.5 Å². The van der Waals surface area contributed by atoms with Crippen molar-refractivity contribution in [3.8, 4) is 0 Å². The zero-order valence-corrected chi connectivity index (χ0v) is 12.8. The van der Waals surface area contributed by atoms with Crippen molar-refractivity contribution in [3.05, 3.63) is 59.4 Å². The molecular formula is C17H21N3O. The SMILES string of the molecule is CCNc1ccnc(C(=O)N(C)Cc2ccc(C)cc2)c1. The first kappa shape index (κ1) is 15.0. The fraction of sp³-hybridized carbons (Fsp3) is 0.294. The molecule has 0 fully saturated rings. The van der Waals surface area contributed by atoms with E-state index in [2.05, 4.69) is 29.4 Å². The van der Waals surface area contributed by atoms with E-state index in [0.717, 1.165) is 17.8 Å². The van der Waals surface area contributed by atoms with Crippen LogP contribution in [0.3, 0.4) is 0 Å². The molecule has 1 N–H and O–H groups in total. The number of nitrogens with one attached hydrogen (secondary N) is 1. The Balaban J connectivity index is 2.08. The number of hydrogen-bond donors (Lipinski definition) is 1. The number of carbonyl (C=O) groups excluding carboxylic acids is 1. The van der Waals surface area contributed by atoms with Crippen molar-refractivity contribution in [1.29, 1.82) is 0 Å². The molecule has 2 rings (SSSR count). The Morgan fingerprint density at radius 1 is 1.24 bits per heavy atom. The van der Waals surface area contributed by atoms with Crippen LogP contribution in [-0.2, 0) is 6.54 Å². The first-order valence-electron chi connectivity index (χ1n) is 7.11. The lowest BCUT2D eigenvalue weighted by Gasteiger charge is -2.17. The van der Waals surface area contributed by atoms with E-state index in [-0.39, 0.29) is 5.91 Å². The number of aromatic nitrogens is 1. The van der Waals surface area contributed by atoms with Crippen LogP contribution in [0.4, 0.5) is 5.69 Å². The predicted molar refractivity (Wildman–Crippen MR) is 85.4 cm³/mol. The molecule has 0 atom stereocenters. The van der Waals surface area contributed by atoms with Gasteiger partial charge in [0.15, 0.2) is 0 Å². The third-order valence-electron chi connectivity index (χ3n) is 3.25. The summed E-state index contributed by atoms with van der Waals surface area (Å²) in [5, 5.41) is 3.19. The summed E-state index contributed by atoms with van der Waals surface area (Å²) >= 11 is 0. The minimum absolute atomic E-state index is 0.0738. The number of carbonyl (C=O) groups is 1. The van der Waals surface area contributed by atoms with E-state index >= 15 is 0 Å². The minimum Gasteiger partial charge on any atom is -0.385 e. The highest BCUT2D eigenvalue weighted by Gasteiger charge is 2.13. The van der Waals surface area contributed by atoms with Gasteiger partial charge in [-0.25, -0.2) is 0 Å². The third kappa shape index (κ3) is 4.05. The number of rotatable bonds is 5. The van der Waals surface area contributed by atoms with Crippen LogP contribution < -0.4 is 5.32 Å². The van der Waals surface area contributed by atoms with E-state index in [9.17, 15) is 4.79 Å². The summed E-state index contributed by atoms with van der Waals surface area (Å²) in [6, 6.07) is 11.8. The van der Waals surface area contributed by atoms with Crippen LogP contribution >= 0.6 is 0 Å². The molecule has 4 nitrogen and oxygen atoms in total. The van der Waals surface area contributed by atoms with Crippen molar-refractivity contribution in [1.82, 2.24) is 9.88 Å². The van der Waals surface area contributed by atoms with E-state index in [1.165, 1.54) is 5.56 Å². The van der Waals surface area contributed by atoms with Crippen LogP contribution in [0.5, 0.6) is 0 Å². The molecular weight excluding hydrogens is 262 g/mol. The van der Waals surface area contributed by atoms with Gasteiger partial charge in [0.05, 0.1) is 0 Å².